The molecule has 14 aromatic rings. The van der Waals surface area contributed by atoms with Gasteiger partial charge in [-0.25, -0.2) is 0 Å². The van der Waals surface area contributed by atoms with Crippen molar-refractivity contribution in [3.8, 4) is 44.8 Å². The molecule has 2 aromatic heterocycles. The van der Waals surface area contributed by atoms with Crippen LogP contribution < -0.4 is 5.46 Å². The van der Waals surface area contributed by atoms with E-state index in [1.54, 1.807) is 0 Å². The molecule has 0 bridgehead atoms. The highest BCUT2D eigenvalue weighted by Crippen LogP contribution is 2.42. The Morgan fingerprint density at radius 1 is 0.341 bits per heavy atom. The molecule has 0 saturated carbocycles. The highest BCUT2D eigenvalue weighted by Gasteiger charge is 2.51. The van der Waals surface area contributed by atoms with Crippen molar-refractivity contribution >= 4 is 132 Å². The Kier molecular flexibility index (Phi) is 14.6. The molecule has 398 valence electrons. The summed E-state index contributed by atoms with van der Waals surface area (Å²) in [4.78, 5) is 0. The zero-order valence-electron chi connectivity index (χ0n) is 45.8. The van der Waals surface area contributed by atoms with Gasteiger partial charge in [0.25, 0.3) is 0 Å². The van der Waals surface area contributed by atoms with Crippen molar-refractivity contribution in [2.24, 2.45) is 0 Å². The number of hydrogen-bond donors (Lipinski definition) is 0. The second-order valence-electron chi connectivity index (χ2n) is 21.9. The molecule has 0 unspecified atom stereocenters. The predicted molar refractivity (Wildman–Crippen MR) is 363 cm³/mol. The van der Waals surface area contributed by atoms with Gasteiger partial charge in [0.05, 0.1) is 33.3 Å². The monoisotopic (exact) mass is 1300 g/mol. The molecule has 0 spiro atoms. The highest BCUT2D eigenvalue weighted by atomic mass is 127. The summed E-state index contributed by atoms with van der Waals surface area (Å²) in [6.45, 7) is 8.38. The number of para-hydroxylation sites is 2. The Hall–Kier alpha value is -7.57. The van der Waals surface area contributed by atoms with E-state index in [1.165, 1.54) is 108 Å². The molecule has 3 heterocycles. The molecule has 1 fully saturated rings. The highest BCUT2D eigenvalue weighted by molar-refractivity contribution is 14.1. The molecule has 0 atom stereocenters. The minimum Gasteiger partial charge on any atom is -0.399 e. The number of aromatic nitrogens is 2. The van der Waals surface area contributed by atoms with Gasteiger partial charge in [-0.05, 0) is 208 Å². The summed E-state index contributed by atoms with van der Waals surface area (Å²) >= 11 is 9.24. The van der Waals surface area contributed by atoms with Crippen LogP contribution in [0, 0.1) is 3.57 Å². The Morgan fingerprint density at radius 3 is 1.22 bits per heavy atom. The first-order valence-electron chi connectivity index (χ1n) is 27.6. The van der Waals surface area contributed by atoms with Crippen molar-refractivity contribution in [1.29, 1.82) is 0 Å². The fraction of sp³-hybridized carbons (Fsp3) is 0.0811. The third kappa shape index (κ3) is 10.3. The maximum Gasteiger partial charge on any atom is 0.494 e. The maximum absolute atomic E-state index is 6.34. The molecular weight excluding hydrogens is 1250 g/mol. The first-order chi connectivity index (χ1) is 39.9. The molecule has 12 aromatic carbocycles. The van der Waals surface area contributed by atoms with Gasteiger partial charge in [0.2, 0.25) is 0 Å². The average molecular weight is 1300 g/mol. The normalized spacial score (nSPS) is 13.6. The molecule has 0 aliphatic carbocycles. The fourth-order valence-electron chi connectivity index (χ4n) is 11.5. The van der Waals surface area contributed by atoms with Crippen molar-refractivity contribution in [2.45, 2.75) is 38.9 Å². The Balaban J connectivity index is 0.000000136. The molecule has 0 radical (unpaired) electrons. The molecule has 8 heteroatoms. The van der Waals surface area contributed by atoms with Gasteiger partial charge in [-0.2, -0.15) is 0 Å². The number of fused-ring (bicyclic) bond motifs is 10. The van der Waals surface area contributed by atoms with E-state index >= 15 is 0 Å². The van der Waals surface area contributed by atoms with Gasteiger partial charge >= 0.3 is 7.12 Å². The SMILES string of the molecule is Brc1cccc(-c2cccc(-c3ccc4c(c3)c3c5ccccc5ccc3n4-c3ccccc3)c2)c1.Brc1cccc(I)c1.CC1(C)OB(c2cccc(-c3ccc4c(c3)c3c5ccccc5ccc3n4-c3ccccc3)c2)OC1(C)C. The van der Waals surface area contributed by atoms with E-state index in [4.69, 9.17) is 9.31 Å². The van der Waals surface area contributed by atoms with Crippen molar-refractivity contribution in [1.82, 2.24) is 9.13 Å². The molecule has 82 heavy (non-hydrogen) atoms. The lowest BCUT2D eigenvalue weighted by molar-refractivity contribution is 0.00578. The first-order valence-corrected chi connectivity index (χ1v) is 30.3. The van der Waals surface area contributed by atoms with Gasteiger partial charge in [0.1, 0.15) is 0 Å². The van der Waals surface area contributed by atoms with Crippen LogP contribution in [0.4, 0.5) is 0 Å². The summed E-state index contributed by atoms with van der Waals surface area (Å²) in [5, 5.41) is 10.2. The van der Waals surface area contributed by atoms with Crippen LogP contribution in [0.25, 0.3) is 110 Å². The van der Waals surface area contributed by atoms with E-state index in [1.807, 2.05) is 12.1 Å². The van der Waals surface area contributed by atoms with E-state index in [2.05, 4.69) is 346 Å². The minimum atomic E-state index is -0.382. The minimum absolute atomic E-state index is 0.368. The average Bonchev–Trinajstić information content (AvgIpc) is 3.74. The number of hydrogen-bond acceptors (Lipinski definition) is 2. The summed E-state index contributed by atoms with van der Waals surface area (Å²) in [6, 6.07) is 95.4. The molecule has 1 saturated heterocycles. The summed E-state index contributed by atoms with van der Waals surface area (Å²) in [6.07, 6.45) is 0. The summed E-state index contributed by atoms with van der Waals surface area (Å²) in [5.74, 6) is 0. The van der Waals surface area contributed by atoms with Crippen LogP contribution >= 0.6 is 54.5 Å². The standard InChI is InChI=1S/C34H30BNO2.C34H22BrN.C6H4BrI/c1-33(2)34(3,4)38-35(37-33)26-13-10-12-24(21-26)25-18-19-30-29(22-25)32-28-16-9-8-11-23(28)17-20-31(32)36(30)27-14-6-5-7-15-27;35-28-12-7-11-26(21-28)24-9-6-10-25(20-24)27-17-18-32-31(22-27)34-30-15-5-4-8-23(30)16-19-33(34)36(32)29-13-2-1-3-14-29;7-5-2-1-3-6(8)4-5/h5-22H,1-4H3;1-22H;1-4H. The molecular formula is C74H56BBr2IN2O2. The van der Waals surface area contributed by atoms with E-state index in [0.717, 1.165) is 20.0 Å². The summed E-state index contributed by atoms with van der Waals surface area (Å²) < 4.78 is 20.9. The van der Waals surface area contributed by atoms with E-state index in [9.17, 15) is 0 Å². The van der Waals surface area contributed by atoms with Crippen molar-refractivity contribution in [3.63, 3.8) is 0 Å². The van der Waals surface area contributed by atoms with Crippen LogP contribution in [0.3, 0.4) is 0 Å². The van der Waals surface area contributed by atoms with Gasteiger partial charge in [0.15, 0.2) is 0 Å². The lowest BCUT2D eigenvalue weighted by Gasteiger charge is -2.32. The van der Waals surface area contributed by atoms with Gasteiger partial charge < -0.3 is 18.4 Å². The molecule has 1 aliphatic heterocycles. The number of nitrogens with zero attached hydrogens (tertiary/aromatic N) is 2. The predicted octanol–water partition coefficient (Wildman–Crippen LogP) is 21.0. The second-order valence-corrected chi connectivity index (χ2v) is 25.0. The molecule has 0 amide bonds. The van der Waals surface area contributed by atoms with Crippen LogP contribution in [0.5, 0.6) is 0 Å². The number of rotatable bonds is 6. The van der Waals surface area contributed by atoms with Gasteiger partial charge in [-0.1, -0.05) is 202 Å². The lowest BCUT2D eigenvalue weighted by Crippen LogP contribution is -2.41. The van der Waals surface area contributed by atoms with Crippen LogP contribution in [-0.4, -0.2) is 27.5 Å². The molecule has 4 nitrogen and oxygen atoms in total. The van der Waals surface area contributed by atoms with Crippen molar-refractivity contribution < 1.29 is 9.31 Å². The zero-order valence-corrected chi connectivity index (χ0v) is 51.2. The third-order valence-electron chi connectivity index (χ3n) is 16.2. The molecule has 15 rings (SSSR count). The number of halogens is 3. The quantitative estimate of drug-likeness (QED) is 0.123. The number of benzene rings is 12. The smallest absolute Gasteiger partial charge is 0.399 e. The fourth-order valence-corrected chi connectivity index (χ4v) is 13.3. The maximum atomic E-state index is 6.34. The second kappa shape index (κ2) is 22.3. The summed E-state index contributed by atoms with van der Waals surface area (Å²) in [5.41, 5.74) is 14.7. The van der Waals surface area contributed by atoms with Crippen LogP contribution in [0.1, 0.15) is 27.7 Å². The van der Waals surface area contributed by atoms with Crippen LogP contribution in [0.2, 0.25) is 0 Å². The Morgan fingerprint density at radius 2 is 0.744 bits per heavy atom. The first kappa shape index (κ1) is 53.7. The van der Waals surface area contributed by atoms with Crippen LogP contribution in [-0.2, 0) is 9.31 Å². The van der Waals surface area contributed by atoms with Gasteiger partial charge in [-0.3, -0.25) is 0 Å². The molecule has 0 N–H and O–H groups in total. The van der Waals surface area contributed by atoms with Crippen molar-refractivity contribution in [2.75, 3.05) is 0 Å². The lowest BCUT2D eigenvalue weighted by atomic mass is 9.78. The van der Waals surface area contributed by atoms with E-state index in [-0.39, 0.29) is 18.3 Å². The molecule has 1 aliphatic rings. The summed E-state index contributed by atoms with van der Waals surface area (Å²) in [7, 11) is -0.382. The van der Waals surface area contributed by atoms with E-state index in [0.29, 0.717) is 0 Å². The Bertz CT molecular complexity index is 4670. The third-order valence-corrected chi connectivity index (χ3v) is 17.9. The zero-order chi connectivity index (χ0) is 56.1. The van der Waals surface area contributed by atoms with Gasteiger partial charge in [-0.15, -0.1) is 0 Å². The van der Waals surface area contributed by atoms with Crippen molar-refractivity contribution in [3.05, 3.63) is 279 Å². The van der Waals surface area contributed by atoms with Gasteiger partial charge in [0, 0.05) is 45.4 Å². The topological polar surface area (TPSA) is 28.3 Å². The van der Waals surface area contributed by atoms with Crippen LogP contribution in [0.15, 0.2) is 276 Å². The largest absolute Gasteiger partial charge is 0.494 e. The van der Waals surface area contributed by atoms with E-state index < -0.39 is 0 Å². The Labute approximate surface area is 509 Å².